The van der Waals surface area contributed by atoms with E-state index in [-0.39, 0.29) is 10.7 Å². The predicted molar refractivity (Wildman–Crippen MR) is 88.5 cm³/mol. The summed E-state index contributed by atoms with van der Waals surface area (Å²) in [6.45, 7) is 1.85. The van der Waals surface area contributed by atoms with Crippen LogP contribution in [0.15, 0.2) is 39.8 Å². The van der Waals surface area contributed by atoms with Gasteiger partial charge in [0.25, 0.3) is 10.0 Å². The molecule has 1 aromatic carbocycles. The Morgan fingerprint density at radius 2 is 2.00 bits per heavy atom. The molecule has 0 bridgehead atoms. The Morgan fingerprint density at radius 1 is 1.29 bits per heavy atom. The molecule has 2 aromatic rings. The van der Waals surface area contributed by atoms with Gasteiger partial charge in [-0.1, -0.05) is 17.7 Å². The molecule has 5 nitrogen and oxygen atoms in total. The number of aromatic nitrogens is 1. The fourth-order valence-electron chi connectivity index (χ4n) is 1.68. The van der Waals surface area contributed by atoms with Crippen LogP contribution in [0.2, 0.25) is 5.02 Å². The van der Waals surface area contributed by atoms with E-state index in [0.29, 0.717) is 15.2 Å². The van der Waals surface area contributed by atoms with Crippen LogP contribution in [-0.2, 0) is 10.0 Å². The SMILES string of the molecule is CNc1ncc(Br)cc1S(=O)(=O)Nc1ccc(C)c(Cl)c1. The van der Waals surface area contributed by atoms with E-state index < -0.39 is 10.0 Å². The van der Waals surface area contributed by atoms with Crippen molar-refractivity contribution in [3.63, 3.8) is 0 Å². The maximum Gasteiger partial charge on any atom is 0.265 e. The van der Waals surface area contributed by atoms with Crippen LogP contribution < -0.4 is 10.0 Å². The van der Waals surface area contributed by atoms with E-state index >= 15 is 0 Å². The molecule has 8 heteroatoms. The first kappa shape index (κ1) is 16.1. The summed E-state index contributed by atoms with van der Waals surface area (Å²) in [5.74, 6) is 0.268. The van der Waals surface area contributed by atoms with Crippen molar-refractivity contribution in [1.82, 2.24) is 4.98 Å². The fourth-order valence-corrected chi connectivity index (χ4v) is 3.58. The Hall–Kier alpha value is -1.31. The lowest BCUT2D eigenvalue weighted by Crippen LogP contribution is -2.15. The van der Waals surface area contributed by atoms with Crippen LogP contribution in [0, 0.1) is 6.92 Å². The molecule has 2 rings (SSSR count). The molecule has 21 heavy (non-hydrogen) atoms. The van der Waals surface area contributed by atoms with Crippen molar-refractivity contribution in [2.24, 2.45) is 0 Å². The molecule has 0 atom stereocenters. The Labute approximate surface area is 136 Å². The van der Waals surface area contributed by atoms with Gasteiger partial charge < -0.3 is 5.32 Å². The highest BCUT2D eigenvalue weighted by Gasteiger charge is 2.20. The average Bonchev–Trinajstić information content (AvgIpc) is 2.42. The van der Waals surface area contributed by atoms with Gasteiger partial charge in [-0.15, -0.1) is 0 Å². The average molecular weight is 391 g/mol. The highest BCUT2D eigenvalue weighted by molar-refractivity contribution is 9.10. The second-order valence-corrected chi connectivity index (χ2v) is 7.29. The largest absolute Gasteiger partial charge is 0.372 e. The van der Waals surface area contributed by atoms with Crippen molar-refractivity contribution in [2.75, 3.05) is 17.1 Å². The van der Waals surface area contributed by atoms with E-state index in [1.165, 1.54) is 12.3 Å². The summed E-state index contributed by atoms with van der Waals surface area (Å²) in [5, 5.41) is 3.25. The summed E-state index contributed by atoms with van der Waals surface area (Å²) < 4.78 is 28.0. The van der Waals surface area contributed by atoms with E-state index in [0.717, 1.165) is 5.56 Å². The van der Waals surface area contributed by atoms with Crippen molar-refractivity contribution in [2.45, 2.75) is 11.8 Å². The first-order valence-corrected chi connectivity index (χ1v) is 8.61. The topological polar surface area (TPSA) is 71.1 Å². The Kier molecular flexibility index (Phi) is 4.75. The zero-order valence-corrected chi connectivity index (χ0v) is 14.5. The number of sulfonamides is 1. The monoisotopic (exact) mass is 389 g/mol. The lowest BCUT2D eigenvalue weighted by Gasteiger charge is -2.12. The van der Waals surface area contributed by atoms with E-state index in [1.54, 1.807) is 25.2 Å². The molecule has 2 N–H and O–H groups in total. The van der Waals surface area contributed by atoms with Gasteiger partial charge in [0.15, 0.2) is 0 Å². The molecule has 0 saturated carbocycles. The normalized spacial score (nSPS) is 11.2. The van der Waals surface area contributed by atoms with E-state index in [1.807, 2.05) is 6.92 Å². The lowest BCUT2D eigenvalue weighted by molar-refractivity contribution is 0.601. The summed E-state index contributed by atoms with van der Waals surface area (Å²) >= 11 is 9.23. The van der Waals surface area contributed by atoms with Crippen molar-refractivity contribution >= 4 is 49.1 Å². The molecular weight excluding hydrogens is 378 g/mol. The zero-order valence-electron chi connectivity index (χ0n) is 11.3. The van der Waals surface area contributed by atoms with Crippen molar-refractivity contribution in [3.05, 3.63) is 45.5 Å². The Morgan fingerprint density at radius 3 is 2.62 bits per heavy atom. The van der Waals surface area contributed by atoms with Crippen LogP contribution in [0.5, 0.6) is 0 Å². The van der Waals surface area contributed by atoms with Crippen molar-refractivity contribution in [1.29, 1.82) is 0 Å². The number of benzene rings is 1. The van der Waals surface area contributed by atoms with Gasteiger partial charge in [0.1, 0.15) is 10.7 Å². The first-order chi connectivity index (χ1) is 9.83. The summed E-state index contributed by atoms with van der Waals surface area (Å²) in [6, 6.07) is 6.46. The molecule has 1 aromatic heterocycles. The van der Waals surface area contributed by atoms with Gasteiger partial charge in [-0.25, -0.2) is 13.4 Å². The molecule has 0 saturated heterocycles. The molecule has 0 fully saturated rings. The smallest absolute Gasteiger partial charge is 0.265 e. The zero-order chi connectivity index (χ0) is 15.6. The summed E-state index contributed by atoms with van der Waals surface area (Å²) in [7, 11) is -2.16. The third-order valence-electron chi connectivity index (χ3n) is 2.77. The molecule has 0 aliphatic carbocycles. The standard InChI is InChI=1S/C13H13BrClN3O2S/c1-8-3-4-10(6-11(8)15)18-21(19,20)12-5-9(14)7-17-13(12)16-2/h3-7,18H,1-2H3,(H,16,17). The van der Waals surface area contributed by atoms with Crippen molar-refractivity contribution < 1.29 is 8.42 Å². The van der Waals surface area contributed by atoms with E-state index in [2.05, 4.69) is 31.0 Å². The third kappa shape index (κ3) is 3.66. The lowest BCUT2D eigenvalue weighted by atomic mass is 10.2. The number of rotatable bonds is 4. The maximum atomic E-state index is 12.5. The molecule has 0 aliphatic heterocycles. The van der Waals surface area contributed by atoms with E-state index in [9.17, 15) is 8.42 Å². The van der Waals surface area contributed by atoms with Crippen LogP contribution in [0.25, 0.3) is 0 Å². The quantitative estimate of drug-likeness (QED) is 0.836. The first-order valence-electron chi connectivity index (χ1n) is 5.96. The van der Waals surface area contributed by atoms with Crippen LogP contribution in [0.4, 0.5) is 11.5 Å². The number of hydrogen-bond donors (Lipinski definition) is 2. The van der Waals surface area contributed by atoms with Crippen LogP contribution in [0.3, 0.4) is 0 Å². The van der Waals surface area contributed by atoms with Gasteiger partial charge in [-0.2, -0.15) is 0 Å². The van der Waals surface area contributed by atoms with Crippen LogP contribution in [-0.4, -0.2) is 20.4 Å². The van der Waals surface area contributed by atoms with Crippen molar-refractivity contribution in [3.8, 4) is 0 Å². The Bertz CT molecular complexity index is 781. The molecule has 0 radical (unpaired) electrons. The van der Waals surface area contributed by atoms with Crippen LogP contribution in [0.1, 0.15) is 5.56 Å². The predicted octanol–water partition coefficient (Wildman–Crippen LogP) is 3.65. The number of aryl methyl sites for hydroxylation is 1. The summed E-state index contributed by atoms with van der Waals surface area (Å²) in [4.78, 5) is 4.08. The molecular formula is C13H13BrClN3O2S. The number of halogens is 2. The van der Waals surface area contributed by atoms with Gasteiger partial charge in [0.2, 0.25) is 0 Å². The molecule has 0 amide bonds. The number of nitrogens with zero attached hydrogens (tertiary/aromatic N) is 1. The second kappa shape index (κ2) is 6.21. The third-order valence-corrected chi connectivity index (χ3v) is 5.01. The van der Waals surface area contributed by atoms with Gasteiger partial charge >= 0.3 is 0 Å². The Balaban J connectivity index is 2.42. The number of pyridine rings is 1. The highest BCUT2D eigenvalue weighted by atomic mass is 79.9. The molecule has 112 valence electrons. The molecule has 1 heterocycles. The fraction of sp³-hybridized carbons (Fsp3) is 0.154. The number of nitrogens with one attached hydrogen (secondary N) is 2. The molecule has 0 spiro atoms. The van der Waals surface area contributed by atoms with Gasteiger partial charge in [0, 0.05) is 22.7 Å². The maximum absolute atomic E-state index is 12.5. The second-order valence-electron chi connectivity index (χ2n) is 4.32. The minimum Gasteiger partial charge on any atom is -0.372 e. The minimum absolute atomic E-state index is 0.0519. The van der Waals surface area contributed by atoms with E-state index in [4.69, 9.17) is 11.6 Å². The number of anilines is 2. The van der Waals surface area contributed by atoms with Gasteiger partial charge in [-0.3, -0.25) is 4.72 Å². The number of hydrogen-bond acceptors (Lipinski definition) is 4. The van der Waals surface area contributed by atoms with Crippen LogP contribution >= 0.6 is 27.5 Å². The molecule has 0 unspecified atom stereocenters. The van der Waals surface area contributed by atoms with Gasteiger partial charge in [-0.05, 0) is 46.6 Å². The summed E-state index contributed by atoms with van der Waals surface area (Å²) in [5.41, 5.74) is 1.27. The minimum atomic E-state index is -3.77. The summed E-state index contributed by atoms with van der Waals surface area (Å²) in [6.07, 6.45) is 1.52. The van der Waals surface area contributed by atoms with Gasteiger partial charge in [0.05, 0.1) is 5.69 Å². The molecule has 0 aliphatic rings. The highest BCUT2D eigenvalue weighted by Crippen LogP contribution is 2.26.